The van der Waals surface area contributed by atoms with Gasteiger partial charge in [-0.05, 0) is 66.9 Å². The second-order valence-electron chi connectivity index (χ2n) is 10.8. The second-order valence-corrected chi connectivity index (χ2v) is 11.5. The molecule has 1 fully saturated rings. The zero-order valence-corrected chi connectivity index (χ0v) is 27.7. The standard InChI is InChI=1S/C29H29F3N3O2P.C5H6N2.CH4O/c1-37-24-18-21(29(30,31)32)12-15-23(24)27-33-25(19-10-13-22(38)14-11-19)26(20-8-4-2-5-9-20)35(27)28(36)34-16-6-3-7-17-34;1-5-6-3-2-4-7-5;1-2/h2,4-5,8-15,18,25-26H,3,6-7,16-17,38H2,1H3;2-4H,1H3;2H,1H3. The van der Waals surface area contributed by atoms with Crippen LogP contribution in [0.2, 0.25) is 0 Å². The van der Waals surface area contributed by atoms with Crippen LogP contribution in [0.5, 0.6) is 5.75 Å². The van der Waals surface area contributed by atoms with E-state index >= 15 is 0 Å². The minimum atomic E-state index is -4.53. The van der Waals surface area contributed by atoms with Crippen LogP contribution in [0.15, 0.2) is 96.2 Å². The zero-order valence-electron chi connectivity index (χ0n) is 26.6. The van der Waals surface area contributed by atoms with E-state index in [-0.39, 0.29) is 11.8 Å². The molecule has 4 aromatic rings. The van der Waals surface area contributed by atoms with Crippen molar-refractivity contribution in [1.29, 1.82) is 0 Å². The Balaban J connectivity index is 0.000000486. The second kappa shape index (κ2) is 16.5. The van der Waals surface area contributed by atoms with Gasteiger partial charge in [-0.3, -0.25) is 9.89 Å². The third-order valence-corrected chi connectivity index (χ3v) is 8.17. The van der Waals surface area contributed by atoms with E-state index in [1.165, 1.54) is 13.2 Å². The van der Waals surface area contributed by atoms with Crippen molar-refractivity contribution >= 4 is 26.4 Å². The minimum absolute atomic E-state index is 0.0165. The molecule has 0 spiro atoms. The molecule has 3 atom stereocenters. The number of rotatable bonds is 4. The maximum absolute atomic E-state index is 14.2. The summed E-state index contributed by atoms with van der Waals surface area (Å²) < 4.78 is 45.9. The van der Waals surface area contributed by atoms with Gasteiger partial charge in [0.1, 0.15) is 23.5 Å². The Hall–Kier alpha value is -4.34. The van der Waals surface area contributed by atoms with Crippen LogP contribution < -0.4 is 10.0 Å². The van der Waals surface area contributed by atoms with Crippen LogP contribution in [0.3, 0.4) is 0 Å². The number of aliphatic hydroxyl groups excluding tert-OH is 1. The highest BCUT2D eigenvalue weighted by molar-refractivity contribution is 7.27. The lowest BCUT2D eigenvalue weighted by molar-refractivity contribution is -0.137. The summed E-state index contributed by atoms with van der Waals surface area (Å²) in [6.07, 6.45) is 1.80. The van der Waals surface area contributed by atoms with Crippen LogP contribution in [0.4, 0.5) is 18.0 Å². The van der Waals surface area contributed by atoms with E-state index in [4.69, 9.17) is 14.8 Å². The molecule has 0 saturated carbocycles. The predicted molar refractivity (Wildman–Crippen MR) is 180 cm³/mol. The highest BCUT2D eigenvalue weighted by Crippen LogP contribution is 2.45. The number of alkyl halides is 3. The summed E-state index contributed by atoms with van der Waals surface area (Å²) in [5.41, 5.74) is 1.32. The third-order valence-electron chi connectivity index (χ3n) is 7.78. The van der Waals surface area contributed by atoms with Crippen molar-refractivity contribution in [3.05, 3.63) is 119 Å². The zero-order chi connectivity index (χ0) is 34.0. The molecule has 12 heteroatoms. The van der Waals surface area contributed by atoms with Gasteiger partial charge in [-0.2, -0.15) is 13.2 Å². The number of amidine groups is 1. The number of aryl methyl sites for hydroxylation is 1. The van der Waals surface area contributed by atoms with E-state index in [9.17, 15) is 18.0 Å². The summed E-state index contributed by atoms with van der Waals surface area (Å²) in [4.78, 5) is 30.4. The first-order valence-corrected chi connectivity index (χ1v) is 15.8. The van der Waals surface area contributed by atoms with Crippen molar-refractivity contribution in [2.24, 2.45) is 4.99 Å². The van der Waals surface area contributed by atoms with Gasteiger partial charge in [0.05, 0.1) is 24.3 Å². The number of carbonyl (C=O) groups is 1. The fourth-order valence-electron chi connectivity index (χ4n) is 5.54. The van der Waals surface area contributed by atoms with Crippen molar-refractivity contribution in [3.8, 4) is 5.75 Å². The van der Waals surface area contributed by atoms with Gasteiger partial charge in [0.2, 0.25) is 0 Å². The van der Waals surface area contributed by atoms with Crippen molar-refractivity contribution in [2.45, 2.75) is 44.4 Å². The molecule has 1 aromatic heterocycles. The minimum Gasteiger partial charge on any atom is -0.496 e. The number of hydrogen-bond donors (Lipinski definition) is 1. The lowest BCUT2D eigenvalue weighted by Gasteiger charge is -2.36. The van der Waals surface area contributed by atoms with E-state index < -0.39 is 23.8 Å². The monoisotopic (exact) mass is 665 g/mol. The van der Waals surface area contributed by atoms with E-state index in [0.29, 0.717) is 24.5 Å². The highest BCUT2D eigenvalue weighted by Gasteiger charge is 2.45. The number of benzene rings is 3. The Bertz CT molecular complexity index is 1620. The van der Waals surface area contributed by atoms with E-state index in [0.717, 1.165) is 60.8 Å². The molecule has 3 heterocycles. The number of urea groups is 1. The average Bonchev–Trinajstić information content (AvgIpc) is 3.50. The molecule has 6 rings (SSSR count). The van der Waals surface area contributed by atoms with Gasteiger partial charge in [0.15, 0.2) is 0 Å². The number of nitrogens with zero attached hydrogens (tertiary/aromatic N) is 5. The number of carbonyl (C=O) groups excluding carboxylic acids is 1. The summed E-state index contributed by atoms with van der Waals surface area (Å²) in [6.45, 7) is 3.11. The van der Waals surface area contributed by atoms with Gasteiger partial charge >= 0.3 is 12.2 Å². The molecule has 8 nitrogen and oxygen atoms in total. The number of likely N-dealkylation sites (tertiary alicyclic amines) is 1. The number of amides is 2. The fourth-order valence-corrected chi connectivity index (χ4v) is 5.73. The van der Waals surface area contributed by atoms with Crippen LogP contribution in [-0.4, -0.2) is 64.1 Å². The number of ether oxygens (including phenoxy) is 1. The number of hydrogen-bond acceptors (Lipinski definition) is 6. The summed E-state index contributed by atoms with van der Waals surface area (Å²) in [5, 5.41) is 8.01. The van der Waals surface area contributed by atoms with Gasteiger partial charge in [0, 0.05) is 32.6 Å². The quantitative estimate of drug-likeness (QED) is 0.244. The largest absolute Gasteiger partial charge is 0.496 e. The number of aliphatic imine (C=N–C) groups is 1. The number of methoxy groups -OCH3 is 1. The Morgan fingerprint density at radius 1 is 0.894 bits per heavy atom. The number of halogens is 3. The van der Waals surface area contributed by atoms with Crippen LogP contribution in [0.1, 0.15) is 59.4 Å². The van der Waals surface area contributed by atoms with Crippen molar-refractivity contribution in [1.82, 2.24) is 19.8 Å². The number of aliphatic hydroxyl groups is 1. The maximum atomic E-state index is 14.2. The van der Waals surface area contributed by atoms with Crippen molar-refractivity contribution in [3.63, 3.8) is 0 Å². The predicted octanol–water partition coefficient (Wildman–Crippen LogP) is 6.76. The Morgan fingerprint density at radius 2 is 1.53 bits per heavy atom. The average molecular weight is 666 g/mol. The maximum Gasteiger partial charge on any atom is 0.416 e. The summed E-state index contributed by atoms with van der Waals surface area (Å²) in [7, 11) is 4.99. The molecule has 1 N–H and O–H groups in total. The van der Waals surface area contributed by atoms with Gasteiger partial charge in [0.25, 0.3) is 0 Å². The Morgan fingerprint density at radius 3 is 2.09 bits per heavy atom. The Kier molecular flexibility index (Phi) is 12.4. The fraction of sp³-hybridized carbons (Fsp3) is 0.314. The molecule has 3 unspecified atom stereocenters. The van der Waals surface area contributed by atoms with E-state index in [2.05, 4.69) is 19.2 Å². The molecule has 2 aliphatic rings. The SMILES string of the molecule is CO.COc1cc(C(F)(F)F)ccc1C1=NC(c2ccc(P)cc2)C(c2ccccc2)N1C(=O)N1CCCCC1.Cc1ncccn1. The molecule has 2 aliphatic heterocycles. The van der Waals surface area contributed by atoms with E-state index in [1.54, 1.807) is 23.4 Å². The summed E-state index contributed by atoms with van der Waals surface area (Å²) >= 11 is 0. The van der Waals surface area contributed by atoms with Crippen molar-refractivity contribution in [2.75, 3.05) is 27.3 Å². The van der Waals surface area contributed by atoms with E-state index in [1.807, 2.05) is 66.4 Å². The molecule has 47 heavy (non-hydrogen) atoms. The molecule has 0 aliphatic carbocycles. The smallest absolute Gasteiger partial charge is 0.416 e. The topological polar surface area (TPSA) is 91.2 Å². The molecule has 0 bridgehead atoms. The number of aromatic nitrogens is 2. The lowest BCUT2D eigenvalue weighted by Crippen LogP contribution is -2.48. The van der Waals surface area contributed by atoms with Gasteiger partial charge in [-0.15, -0.1) is 9.24 Å². The first kappa shape index (κ1) is 35.5. The molecule has 3 aromatic carbocycles. The first-order valence-electron chi connectivity index (χ1n) is 15.2. The summed E-state index contributed by atoms with van der Waals surface area (Å²) in [5.74, 6) is 1.14. The lowest BCUT2D eigenvalue weighted by atomic mass is 9.93. The first-order chi connectivity index (χ1) is 22.7. The van der Waals surface area contributed by atoms with Gasteiger partial charge in [-0.1, -0.05) is 54.6 Å². The third kappa shape index (κ3) is 8.73. The normalized spacial score (nSPS) is 17.5. The number of piperidine rings is 1. The molecule has 2 amide bonds. The van der Waals surface area contributed by atoms with Gasteiger partial charge < -0.3 is 14.7 Å². The highest BCUT2D eigenvalue weighted by atomic mass is 31.0. The van der Waals surface area contributed by atoms with Crippen LogP contribution in [-0.2, 0) is 6.18 Å². The summed E-state index contributed by atoms with van der Waals surface area (Å²) in [6, 6.07) is 21.5. The van der Waals surface area contributed by atoms with Crippen molar-refractivity contribution < 1.29 is 27.8 Å². The Labute approximate surface area is 275 Å². The molecule has 248 valence electrons. The van der Waals surface area contributed by atoms with Crippen LogP contribution in [0.25, 0.3) is 0 Å². The molecular formula is C35H39F3N5O3P. The van der Waals surface area contributed by atoms with Crippen LogP contribution >= 0.6 is 9.24 Å². The molecule has 0 radical (unpaired) electrons. The molecule has 1 saturated heterocycles. The van der Waals surface area contributed by atoms with Gasteiger partial charge in [-0.25, -0.2) is 14.8 Å². The van der Waals surface area contributed by atoms with Crippen LogP contribution in [0, 0.1) is 6.92 Å². The molecular weight excluding hydrogens is 626 g/mol.